The summed E-state index contributed by atoms with van der Waals surface area (Å²) in [5.74, 6) is 0.200. The van der Waals surface area contributed by atoms with Crippen LogP contribution < -0.4 is 0 Å². The van der Waals surface area contributed by atoms with Crippen LogP contribution in [0.2, 0.25) is 0 Å². The van der Waals surface area contributed by atoms with Gasteiger partial charge in [-0.25, -0.2) is 0 Å². The van der Waals surface area contributed by atoms with Crippen LogP contribution in [0, 0.1) is 6.92 Å². The van der Waals surface area contributed by atoms with Crippen molar-refractivity contribution in [3.05, 3.63) is 35.3 Å². The number of aromatic hydroxyl groups is 1. The average Bonchev–Trinajstić information content (AvgIpc) is 2.06. The van der Waals surface area contributed by atoms with E-state index in [1.54, 1.807) is 13.0 Å². The van der Waals surface area contributed by atoms with Crippen molar-refractivity contribution in [1.29, 1.82) is 0 Å². The Bertz CT molecular complexity index is 358. The van der Waals surface area contributed by atoms with Gasteiger partial charge in [-0.1, -0.05) is 18.2 Å². The van der Waals surface area contributed by atoms with Crippen LogP contribution in [-0.2, 0) is 0 Å². The van der Waals surface area contributed by atoms with Crippen LogP contribution >= 0.6 is 0 Å². The van der Waals surface area contributed by atoms with E-state index in [0.29, 0.717) is 11.1 Å². The molecule has 5 heteroatoms. The second kappa shape index (κ2) is 3.78. The van der Waals surface area contributed by atoms with E-state index < -0.39 is 6.98 Å². The van der Waals surface area contributed by atoms with Gasteiger partial charge < -0.3 is 18.1 Å². The molecule has 1 rings (SSSR count). The first-order valence-electron chi connectivity index (χ1n) is 4.07. The van der Waals surface area contributed by atoms with Crippen LogP contribution in [0.15, 0.2) is 24.2 Å². The minimum absolute atomic E-state index is 0.00169. The molecule has 1 N–H and O–H groups in total. The van der Waals surface area contributed by atoms with Crippen molar-refractivity contribution in [2.75, 3.05) is 0 Å². The number of halogens is 3. The third-order valence-corrected chi connectivity index (χ3v) is 1.74. The molecule has 1 aromatic rings. The lowest BCUT2D eigenvalue weighted by Crippen LogP contribution is -2.09. The molecule has 0 saturated heterocycles. The van der Waals surface area contributed by atoms with E-state index in [2.05, 4.69) is 0 Å². The monoisotopic (exact) mass is 201 g/mol. The van der Waals surface area contributed by atoms with Crippen molar-refractivity contribution >= 4 is 13.1 Å². The highest BCUT2D eigenvalue weighted by Gasteiger charge is 2.16. The zero-order valence-electron chi connectivity index (χ0n) is 7.55. The molecule has 0 spiro atoms. The molecule has 0 aliphatic carbocycles. The lowest BCUT2D eigenvalue weighted by molar-refractivity contribution is 0.471. The van der Waals surface area contributed by atoms with Gasteiger partial charge in [0, 0.05) is 0 Å². The minimum atomic E-state index is -4.91. The highest BCUT2D eigenvalue weighted by molar-refractivity contribution is 6.64. The molecular weight excluding hydrogens is 192 g/mol. The summed E-state index contributed by atoms with van der Waals surface area (Å²) in [6.07, 6.45) is 0.944. The Morgan fingerprint density at radius 3 is 2.43 bits per heavy atom. The van der Waals surface area contributed by atoms with Crippen LogP contribution in [-0.4, -0.2) is 12.1 Å². The SMILES string of the molecule is Cc1ccc(/C=C/[B-](F)(F)F)cc1O. The van der Waals surface area contributed by atoms with E-state index in [-0.39, 0.29) is 11.7 Å². The summed E-state index contributed by atoms with van der Waals surface area (Å²) in [4.78, 5) is 0. The van der Waals surface area contributed by atoms with E-state index in [9.17, 15) is 18.1 Å². The zero-order chi connectivity index (χ0) is 10.8. The Labute approximate surface area is 79.9 Å². The summed E-state index contributed by atoms with van der Waals surface area (Å²) in [6.45, 7) is -3.23. The van der Waals surface area contributed by atoms with Gasteiger partial charge >= 0.3 is 6.98 Å². The van der Waals surface area contributed by atoms with Crippen molar-refractivity contribution in [2.24, 2.45) is 0 Å². The quantitative estimate of drug-likeness (QED) is 0.728. The normalized spacial score (nSPS) is 12.3. The minimum Gasteiger partial charge on any atom is -0.508 e. The number of hydrogen-bond acceptors (Lipinski definition) is 1. The van der Waals surface area contributed by atoms with Gasteiger partial charge in [0.2, 0.25) is 0 Å². The number of aryl methyl sites for hydroxylation is 1. The van der Waals surface area contributed by atoms with E-state index in [1.807, 2.05) is 0 Å². The standard InChI is InChI=1S/C9H9BF3O/c1-7-2-3-8(6-9(7)14)4-5-10(11,12)13/h2-6,14H,1H3/q-1/b5-4+. The molecule has 14 heavy (non-hydrogen) atoms. The maximum atomic E-state index is 11.8. The molecule has 0 saturated carbocycles. The molecule has 0 radical (unpaired) electrons. The fourth-order valence-electron chi connectivity index (χ4n) is 0.950. The van der Waals surface area contributed by atoms with E-state index in [0.717, 1.165) is 6.08 Å². The van der Waals surface area contributed by atoms with Crippen molar-refractivity contribution in [1.82, 2.24) is 0 Å². The van der Waals surface area contributed by atoms with Gasteiger partial charge in [0.05, 0.1) is 0 Å². The van der Waals surface area contributed by atoms with Gasteiger partial charge in [-0.2, -0.15) is 0 Å². The first kappa shape index (κ1) is 10.7. The van der Waals surface area contributed by atoms with E-state index in [4.69, 9.17) is 0 Å². The summed E-state index contributed by atoms with van der Waals surface area (Å²) in [5, 5.41) is 9.22. The molecule has 1 aromatic carbocycles. The third kappa shape index (κ3) is 3.16. The maximum absolute atomic E-state index is 11.8. The second-order valence-electron chi connectivity index (χ2n) is 3.03. The van der Waals surface area contributed by atoms with Crippen molar-refractivity contribution < 1.29 is 18.1 Å². The Hall–Kier alpha value is -1.39. The fourth-order valence-corrected chi connectivity index (χ4v) is 0.950. The first-order chi connectivity index (χ1) is 6.38. The van der Waals surface area contributed by atoms with Gasteiger partial charge in [0.1, 0.15) is 5.75 Å². The number of benzene rings is 1. The lowest BCUT2D eigenvalue weighted by Gasteiger charge is -2.06. The predicted octanol–water partition coefficient (Wildman–Crippen LogP) is 3.10. The molecule has 0 aromatic heterocycles. The van der Waals surface area contributed by atoms with E-state index in [1.165, 1.54) is 12.1 Å². The first-order valence-corrected chi connectivity index (χ1v) is 4.07. The van der Waals surface area contributed by atoms with Crippen LogP contribution in [0.25, 0.3) is 6.08 Å². The fraction of sp³-hybridized carbons (Fsp3) is 0.111. The predicted molar refractivity (Wildman–Crippen MR) is 51.0 cm³/mol. The number of phenols is 1. The zero-order valence-corrected chi connectivity index (χ0v) is 7.55. The summed E-state index contributed by atoms with van der Waals surface area (Å²) >= 11 is 0. The van der Waals surface area contributed by atoms with Crippen LogP contribution in [0.1, 0.15) is 11.1 Å². The Morgan fingerprint density at radius 1 is 1.29 bits per heavy atom. The van der Waals surface area contributed by atoms with Crippen molar-refractivity contribution in [3.63, 3.8) is 0 Å². The molecule has 0 aliphatic heterocycles. The van der Waals surface area contributed by atoms with Gasteiger partial charge in [-0.15, -0.1) is 5.98 Å². The highest BCUT2D eigenvalue weighted by atomic mass is 19.4. The van der Waals surface area contributed by atoms with Crippen LogP contribution in [0.4, 0.5) is 12.9 Å². The largest absolute Gasteiger partial charge is 0.508 e. The van der Waals surface area contributed by atoms with Crippen LogP contribution in [0.5, 0.6) is 5.75 Å². The lowest BCUT2D eigenvalue weighted by atomic mass is 9.90. The number of hydrogen-bond donors (Lipinski definition) is 1. The molecule has 0 aliphatic rings. The second-order valence-corrected chi connectivity index (χ2v) is 3.03. The van der Waals surface area contributed by atoms with Gasteiger partial charge in [0.25, 0.3) is 0 Å². The molecule has 0 bridgehead atoms. The maximum Gasteiger partial charge on any atom is 0.502 e. The summed E-state index contributed by atoms with van der Waals surface area (Å²) in [7, 11) is 0. The average molecular weight is 201 g/mol. The Balaban J connectivity index is 2.89. The molecule has 0 heterocycles. The van der Waals surface area contributed by atoms with Gasteiger partial charge in [-0.05, 0) is 24.1 Å². The highest BCUT2D eigenvalue weighted by Crippen LogP contribution is 2.19. The molecule has 76 valence electrons. The van der Waals surface area contributed by atoms with Crippen molar-refractivity contribution in [3.8, 4) is 5.75 Å². The number of rotatable bonds is 2. The topological polar surface area (TPSA) is 20.2 Å². The van der Waals surface area contributed by atoms with Gasteiger partial charge in [0.15, 0.2) is 0 Å². The summed E-state index contributed by atoms with van der Waals surface area (Å²) < 4.78 is 35.5. The van der Waals surface area contributed by atoms with Crippen LogP contribution in [0.3, 0.4) is 0 Å². The smallest absolute Gasteiger partial charge is 0.502 e. The van der Waals surface area contributed by atoms with Crippen molar-refractivity contribution in [2.45, 2.75) is 6.92 Å². The van der Waals surface area contributed by atoms with Gasteiger partial charge in [-0.3, -0.25) is 0 Å². The molecule has 0 amide bonds. The molecule has 0 atom stereocenters. The molecule has 0 fully saturated rings. The third-order valence-electron chi connectivity index (χ3n) is 1.74. The molecule has 1 nitrogen and oxygen atoms in total. The molecular formula is C9H9BF3O-. The summed E-state index contributed by atoms with van der Waals surface area (Å²) in [6, 6.07) is 4.39. The Kier molecular flexibility index (Phi) is 2.89. The molecule has 0 unspecified atom stereocenters. The number of phenolic OH excluding ortho intramolecular Hbond substituents is 1. The van der Waals surface area contributed by atoms with E-state index >= 15 is 0 Å². The Morgan fingerprint density at radius 2 is 1.93 bits per heavy atom. The summed E-state index contributed by atoms with van der Waals surface area (Å²) in [5.41, 5.74) is 0.979.